The molecule has 3 aliphatic rings. The van der Waals surface area contributed by atoms with E-state index in [9.17, 15) is 9.59 Å². The van der Waals surface area contributed by atoms with Gasteiger partial charge in [-0.15, -0.1) is 0 Å². The number of amides is 3. The molecular weight excluding hydrogens is 368 g/mol. The lowest BCUT2D eigenvalue weighted by atomic mass is 9.96. The van der Waals surface area contributed by atoms with Gasteiger partial charge in [0.15, 0.2) is 5.96 Å². The number of aliphatic imine (C=N–C) groups is 1. The first-order valence-electron chi connectivity index (χ1n) is 10.5. The molecule has 0 spiro atoms. The summed E-state index contributed by atoms with van der Waals surface area (Å²) in [5, 5.41) is 9.32. The lowest BCUT2D eigenvalue weighted by Gasteiger charge is -2.39. The van der Waals surface area contributed by atoms with Gasteiger partial charge < -0.3 is 16.0 Å². The standard InChI is InChI=1S/C21H30N6O2/c1-22-20(23-9-10-26-19(28)13-24-21(26)29)25-16-11-17-7-8-18(12-16)27(17)14-15-5-3-2-4-6-15/h2-6,16-18H,7-14H2,1H3,(H,24,29)(H2,22,23,25). The zero-order valence-electron chi connectivity index (χ0n) is 16.9. The lowest BCUT2D eigenvalue weighted by Crippen LogP contribution is -2.53. The van der Waals surface area contributed by atoms with E-state index in [1.165, 1.54) is 23.3 Å². The number of imide groups is 1. The second-order valence-corrected chi connectivity index (χ2v) is 8.06. The molecule has 8 nitrogen and oxygen atoms in total. The smallest absolute Gasteiger partial charge is 0.324 e. The molecule has 0 radical (unpaired) electrons. The Bertz CT molecular complexity index is 738. The van der Waals surface area contributed by atoms with Crippen molar-refractivity contribution in [3.63, 3.8) is 0 Å². The molecule has 2 bridgehead atoms. The summed E-state index contributed by atoms with van der Waals surface area (Å²) in [6.45, 7) is 1.95. The number of carbonyl (C=O) groups excluding carboxylic acids is 2. The first-order valence-corrected chi connectivity index (χ1v) is 10.5. The topological polar surface area (TPSA) is 89.1 Å². The van der Waals surface area contributed by atoms with Crippen LogP contribution in [-0.2, 0) is 11.3 Å². The molecule has 0 aromatic heterocycles. The van der Waals surface area contributed by atoms with Crippen molar-refractivity contribution >= 4 is 17.9 Å². The number of piperidine rings is 1. The molecule has 3 heterocycles. The maximum Gasteiger partial charge on any atom is 0.324 e. The second kappa shape index (κ2) is 8.82. The van der Waals surface area contributed by atoms with Crippen molar-refractivity contribution in [1.82, 2.24) is 25.8 Å². The van der Waals surface area contributed by atoms with E-state index in [-0.39, 0.29) is 18.5 Å². The Balaban J connectivity index is 1.25. The van der Waals surface area contributed by atoms with Gasteiger partial charge in [-0.3, -0.25) is 19.6 Å². The van der Waals surface area contributed by atoms with Crippen molar-refractivity contribution in [2.75, 3.05) is 26.7 Å². The third-order valence-electron chi connectivity index (χ3n) is 6.22. The van der Waals surface area contributed by atoms with Crippen molar-refractivity contribution in [1.29, 1.82) is 0 Å². The van der Waals surface area contributed by atoms with Crippen molar-refractivity contribution < 1.29 is 9.59 Å². The number of benzene rings is 1. The Kier molecular flexibility index (Phi) is 5.99. The van der Waals surface area contributed by atoms with E-state index in [0.717, 1.165) is 25.3 Å². The maximum atomic E-state index is 11.7. The summed E-state index contributed by atoms with van der Waals surface area (Å²) >= 11 is 0. The van der Waals surface area contributed by atoms with Crippen LogP contribution in [0.15, 0.2) is 35.3 Å². The highest BCUT2D eigenvalue weighted by molar-refractivity contribution is 6.01. The molecule has 156 valence electrons. The van der Waals surface area contributed by atoms with Crippen LogP contribution in [0.3, 0.4) is 0 Å². The summed E-state index contributed by atoms with van der Waals surface area (Å²) in [4.78, 5) is 31.5. The highest BCUT2D eigenvalue weighted by atomic mass is 16.2. The normalized spacial score (nSPS) is 27.3. The quantitative estimate of drug-likeness (QED) is 0.376. The SMILES string of the molecule is CN=C(NCCN1C(=O)CNC1=O)NC1CC2CCC(C1)N2Cc1ccccc1. The molecule has 3 saturated heterocycles. The summed E-state index contributed by atoms with van der Waals surface area (Å²) in [6, 6.07) is 12.0. The third kappa shape index (κ3) is 4.53. The molecule has 0 aliphatic carbocycles. The maximum absolute atomic E-state index is 11.7. The Morgan fingerprint density at radius 1 is 1.17 bits per heavy atom. The second-order valence-electron chi connectivity index (χ2n) is 8.06. The Morgan fingerprint density at radius 3 is 2.52 bits per heavy atom. The van der Waals surface area contributed by atoms with Crippen molar-refractivity contribution in [3.05, 3.63) is 35.9 Å². The molecule has 3 aliphatic heterocycles. The van der Waals surface area contributed by atoms with Crippen LogP contribution >= 0.6 is 0 Å². The van der Waals surface area contributed by atoms with E-state index < -0.39 is 0 Å². The van der Waals surface area contributed by atoms with Gasteiger partial charge in [-0.25, -0.2) is 4.79 Å². The monoisotopic (exact) mass is 398 g/mol. The fourth-order valence-electron chi connectivity index (χ4n) is 4.80. The summed E-state index contributed by atoms with van der Waals surface area (Å²) in [5.41, 5.74) is 1.38. The molecule has 2 atom stereocenters. The van der Waals surface area contributed by atoms with E-state index in [4.69, 9.17) is 0 Å². The summed E-state index contributed by atoms with van der Waals surface area (Å²) < 4.78 is 0. The average molecular weight is 399 g/mol. The van der Waals surface area contributed by atoms with Crippen LogP contribution in [0, 0.1) is 0 Å². The number of fused-ring (bicyclic) bond motifs is 2. The van der Waals surface area contributed by atoms with Gasteiger partial charge in [-0.2, -0.15) is 0 Å². The number of hydrogen-bond acceptors (Lipinski definition) is 4. The molecule has 3 fully saturated rings. The number of guanidine groups is 1. The molecule has 29 heavy (non-hydrogen) atoms. The van der Waals surface area contributed by atoms with Crippen LogP contribution in [0.25, 0.3) is 0 Å². The van der Waals surface area contributed by atoms with Gasteiger partial charge in [0.1, 0.15) is 0 Å². The van der Waals surface area contributed by atoms with Gasteiger partial charge in [0.05, 0.1) is 6.54 Å². The van der Waals surface area contributed by atoms with Gasteiger partial charge in [0.25, 0.3) is 0 Å². The number of hydrogen-bond donors (Lipinski definition) is 3. The first kappa shape index (κ1) is 19.7. The Morgan fingerprint density at radius 2 is 1.90 bits per heavy atom. The predicted molar refractivity (Wildman–Crippen MR) is 111 cm³/mol. The van der Waals surface area contributed by atoms with Crippen LogP contribution in [0.1, 0.15) is 31.2 Å². The molecule has 1 aromatic rings. The molecule has 2 unspecified atom stereocenters. The van der Waals surface area contributed by atoms with E-state index in [1.807, 2.05) is 0 Å². The van der Waals surface area contributed by atoms with Crippen LogP contribution in [0.2, 0.25) is 0 Å². The molecule has 8 heteroatoms. The van der Waals surface area contributed by atoms with E-state index in [1.54, 1.807) is 7.05 Å². The van der Waals surface area contributed by atoms with Crippen molar-refractivity contribution in [3.8, 4) is 0 Å². The van der Waals surface area contributed by atoms with E-state index >= 15 is 0 Å². The number of nitrogens with zero attached hydrogens (tertiary/aromatic N) is 3. The summed E-state index contributed by atoms with van der Waals surface area (Å²) in [6.07, 6.45) is 4.73. The zero-order chi connectivity index (χ0) is 20.2. The fraction of sp³-hybridized carbons (Fsp3) is 0.571. The molecular formula is C21H30N6O2. The molecule has 4 rings (SSSR count). The highest BCUT2D eigenvalue weighted by Crippen LogP contribution is 2.36. The van der Waals surface area contributed by atoms with Gasteiger partial charge in [0.2, 0.25) is 5.91 Å². The minimum Gasteiger partial charge on any atom is -0.355 e. The zero-order valence-corrected chi connectivity index (χ0v) is 16.9. The fourth-order valence-corrected chi connectivity index (χ4v) is 4.80. The summed E-state index contributed by atoms with van der Waals surface area (Å²) in [5.74, 6) is 0.556. The number of urea groups is 1. The number of carbonyl (C=O) groups is 2. The average Bonchev–Trinajstić information content (AvgIpc) is 3.16. The molecule has 1 aromatic carbocycles. The lowest BCUT2D eigenvalue weighted by molar-refractivity contribution is -0.124. The van der Waals surface area contributed by atoms with Gasteiger partial charge in [0, 0.05) is 44.8 Å². The largest absolute Gasteiger partial charge is 0.355 e. The van der Waals surface area contributed by atoms with Crippen LogP contribution in [0.4, 0.5) is 4.79 Å². The highest BCUT2D eigenvalue weighted by Gasteiger charge is 2.40. The minimum absolute atomic E-state index is 0.0934. The van der Waals surface area contributed by atoms with E-state index in [0.29, 0.717) is 31.2 Å². The molecule has 3 amide bonds. The van der Waals surface area contributed by atoms with Gasteiger partial charge >= 0.3 is 6.03 Å². The Hall–Kier alpha value is -2.61. The molecule has 0 saturated carbocycles. The van der Waals surface area contributed by atoms with Gasteiger partial charge in [-0.1, -0.05) is 30.3 Å². The predicted octanol–water partition coefficient (Wildman–Crippen LogP) is 0.899. The van der Waals surface area contributed by atoms with Crippen LogP contribution in [0.5, 0.6) is 0 Å². The van der Waals surface area contributed by atoms with Gasteiger partial charge in [-0.05, 0) is 31.2 Å². The Labute approximate surface area is 171 Å². The summed E-state index contributed by atoms with van der Waals surface area (Å²) in [7, 11) is 1.75. The minimum atomic E-state index is -0.317. The number of nitrogens with one attached hydrogen (secondary N) is 3. The number of rotatable bonds is 6. The third-order valence-corrected chi connectivity index (χ3v) is 6.22. The van der Waals surface area contributed by atoms with E-state index in [2.05, 4.69) is 56.2 Å². The molecule has 3 N–H and O–H groups in total. The van der Waals surface area contributed by atoms with Crippen molar-refractivity contribution in [2.24, 2.45) is 4.99 Å². The van der Waals surface area contributed by atoms with Crippen molar-refractivity contribution in [2.45, 2.75) is 50.4 Å². The van der Waals surface area contributed by atoms with Crippen LogP contribution < -0.4 is 16.0 Å². The first-order chi connectivity index (χ1) is 14.1. The van der Waals surface area contributed by atoms with Crippen LogP contribution in [-0.4, -0.2) is 72.5 Å².